The number of rotatable bonds is 5. The van der Waals surface area contributed by atoms with Gasteiger partial charge in [-0.1, -0.05) is 0 Å². The minimum Gasteiger partial charge on any atom is -0.450 e. The summed E-state index contributed by atoms with van der Waals surface area (Å²) in [7, 11) is 0. The summed E-state index contributed by atoms with van der Waals surface area (Å²) in [5.41, 5.74) is 4.95. The maximum Gasteiger partial charge on any atom is 0.409 e. The fourth-order valence-corrected chi connectivity index (χ4v) is 1.86. The molecule has 0 spiro atoms. The van der Waals surface area contributed by atoms with Gasteiger partial charge in [0, 0.05) is 25.7 Å². The molecule has 1 fully saturated rings. The van der Waals surface area contributed by atoms with E-state index < -0.39 is 12.0 Å². The van der Waals surface area contributed by atoms with Crippen LogP contribution < -0.4 is 11.1 Å². The average molecular weight is 259 g/mol. The molecule has 2 amide bonds. The third kappa shape index (κ3) is 4.50. The number of hydrogen-bond donors (Lipinski definition) is 3. The van der Waals surface area contributed by atoms with Crippen molar-refractivity contribution in [3.8, 4) is 0 Å². The molecule has 1 saturated heterocycles. The van der Waals surface area contributed by atoms with Crippen LogP contribution in [-0.2, 0) is 9.53 Å². The molecule has 1 heterocycles. The Morgan fingerprint density at radius 2 is 2.11 bits per heavy atom. The van der Waals surface area contributed by atoms with Crippen molar-refractivity contribution < 1.29 is 19.4 Å². The van der Waals surface area contributed by atoms with Crippen LogP contribution in [0.4, 0.5) is 4.79 Å². The summed E-state index contributed by atoms with van der Waals surface area (Å²) in [5.74, 6) is -0.730. The van der Waals surface area contributed by atoms with Crippen LogP contribution in [0, 0.1) is 0 Å². The van der Waals surface area contributed by atoms with Crippen LogP contribution in [0.5, 0.6) is 0 Å². The van der Waals surface area contributed by atoms with Gasteiger partial charge in [0.15, 0.2) is 0 Å². The summed E-state index contributed by atoms with van der Waals surface area (Å²) in [6.45, 7) is 3.53. The molecule has 1 aliphatic rings. The Morgan fingerprint density at radius 3 is 2.61 bits per heavy atom. The first-order valence-electron chi connectivity index (χ1n) is 6.17. The van der Waals surface area contributed by atoms with Gasteiger partial charge in [-0.15, -0.1) is 0 Å². The minimum absolute atomic E-state index is 0.152. The van der Waals surface area contributed by atoms with Crippen LogP contribution >= 0.6 is 0 Å². The van der Waals surface area contributed by atoms with E-state index in [0.717, 1.165) is 12.8 Å². The molecule has 7 heteroatoms. The highest BCUT2D eigenvalue weighted by Crippen LogP contribution is 2.11. The summed E-state index contributed by atoms with van der Waals surface area (Å²) < 4.78 is 4.91. The van der Waals surface area contributed by atoms with E-state index in [-0.39, 0.29) is 18.7 Å². The maximum atomic E-state index is 11.4. The molecular weight excluding hydrogens is 238 g/mol. The Balaban J connectivity index is 2.23. The second-order valence-corrected chi connectivity index (χ2v) is 4.29. The van der Waals surface area contributed by atoms with Gasteiger partial charge in [-0.25, -0.2) is 4.79 Å². The van der Waals surface area contributed by atoms with E-state index >= 15 is 0 Å². The van der Waals surface area contributed by atoms with Crippen LogP contribution in [0.3, 0.4) is 0 Å². The third-order valence-corrected chi connectivity index (χ3v) is 2.95. The van der Waals surface area contributed by atoms with Crippen molar-refractivity contribution in [3.63, 3.8) is 0 Å². The van der Waals surface area contributed by atoms with Crippen LogP contribution in [0.1, 0.15) is 19.8 Å². The average Bonchev–Trinajstić information content (AvgIpc) is 2.36. The number of aliphatic hydroxyl groups is 1. The molecule has 0 aromatic carbocycles. The molecule has 0 radical (unpaired) electrons. The minimum atomic E-state index is -1.16. The molecule has 0 aromatic rings. The molecule has 0 bridgehead atoms. The molecule has 104 valence electrons. The van der Waals surface area contributed by atoms with Crippen molar-refractivity contribution in [2.24, 2.45) is 5.73 Å². The number of nitrogens with one attached hydrogen (secondary N) is 1. The van der Waals surface area contributed by atoms with Crippen molar-refractivity contribution in [1.82, 2.24) is 10.2 Å². The highest BCUT2D eigenvalue weighted by Gasteiger charge is 2.24. The predicted molar refractivity (Wildman–Crippen MR) is 64.8 cm³/mol. The maximum absolute atomic E-state index is 11.4. The number of primary amides is 1. The molecule has 0 saturated carbocycles. The monoisotopic (exact) mass is 259 g/mol. The Bertz CT molecular complexity index is 290. The number of ether oxygens (including phenoxy) is 1. The van der Waals surface area contributed by atoms with Crippen molar-refractivity contribution in [2.75, 3.05) is 26.2 Å². The molecule has 0 aliphatic carbocycles. The summed E-state index contributed by atoms with van der Waals surface area (Å²) in [4.78, 5) is 23.7. The van der Waals surface area contributed by atoms with E-state index in [2.05, 4.69) is 5.32 Å². The number of hydrogen-bond acceptors (Lipinski definition) is 5. The van der Waals surface area contributed by atoms with Crippen molar-refractivity contribution >= 4 is 12.0 Å². The first kappa shape index (κ1) is 14.7. The first-order valence-corrected chi connectivity index (χ1v) is 6.17. The molecule has 1 aliphatic heterocycles. The topological polar surface area (TPSA) is 105 Å². The lowest BCUT2D eigenvalue weighted by Gasteiger charge is -2.32. The molecule has 18 heavy (non-hydrogen) atoms. The number of likely N-dealkylation sites (tertiary alicyclic amines) is 1. The van der Waals surface area contributed by atoms with Crippen LogP contribution in [0.25, 0.3) is 0 Å². The van der Waals surface area contributed by atoms with E-state index in [4.69, 9.17) is 10.5 Å². The number of nitrogens with two attached hydrogens (primary N) is 1. The van der Waals surface area contributed by atoms with Crippen LogP contribution in [0.15, 0.2) is 0 Å². The van der Waals surface area contributed by atoms with Gasteiger partial charge >= 0.3 is 6.09 Å². The van der Waals surface area contributed by atoms with E-state index in [1.54, 1.807) is 11.8 Å². The van der Waals surface area contributed by atoms with Crippen molar-refractivity contribution in [3.05, 3.63) is 0 Å². The van der Waals surface area contributed by atoms with Gasteiger partial charge in [-0.2, -0.15) is 0 Å². The molecule has 1 rings (SSSR count). The zero-order chi connectivity index (χ0) is 13.5. The highest BCUT2D eigenvalue weighted by molar-refractivity contribution is 5.78. The number of piperidine rings is 1. The molecule has 4 N–H and O–H groups in total. The van der Waals surface area contributed by atoms with Crippen LogP contribution in [0.2, 0.25) is 0 Å². The highest BCUT2D eigenvalue weighted by atomic mass is 16.6. The quantitative estimate of drug-likeness (QED) is 0.590. The van der Waals surface area contributed by atoms with Gasteiger partial charge in [0.2, 0.25) is 5.91 Å². The molecule has 1 unspecified atom stereocenters. The lowest BCUT2D eigenvalue weighted by Crippen LogP contribution is -2.48. The second-order valence-electron chi connectivity index (χ2n) is 4.29. The Kier molecular flexibility index (Phi) is 5.87. The second kappa shape index (κ2) is 7.17. The summed E-state index contributed by atoms with van der Waals surface area (Å²) in [6, 6.07) is 0.185. The van der Waals surface area contributed by atoms with Crippen LogP contribution in [-0.4, -0.2) is 60.4 Å². The number of aliphatic hydroxyl groups excluding tert-OH is 1. The van der Waals surface area contributed by atoms with Crippen molar-refractivity contribution in [2.45, 2.75) is 31.9 Å². The smallest absolute Gasteiger partial charge is 0.409 e. The summed E-state index contributed by atoms with van der Waals surface area (Å²) in [6.07, 6.45) is 0.0930. The lowest BCUT2D eigenvalue weighted by atomic mass is 10.1. The standard InChI is InChI=1S/C11H21N3O4/c1-2-18-11(17)14-5-3-8(4-6-14)13-7-9(15)10(12)16/h8-9,13,15H,2-7H2,1H3,(H2,12,16). The Labute approximate surface area is 106 Å². The van der Waals surface area contributed by atoms with Gasteiger partial charge < -0.3 is 25.8 Å². The fourth-order valence-electron chi connectivity index (χ4n) is 1.86. The van der Waals surface area contributed by atoms with Crippen molar-refractivity contribution in [1.29, 1.82) is 0 Å². The summed E-state index contributed by atoms with van der Waals surface area (Å²) >= 11 is 0. The fraction of sp³-hybridized carbons (Fsp3) is 0.818. The Hall–Kier alpha value is -1.34. The van der Waals surface area contributed by atoms with E-state index in [1.165, 1.54) is 0 Å². The number of carbonyl (C=O) groups excluding carboxylic acids is 2. The molecular formula is C11H21N3O4. The Morgan fingerprint density at radius 1 is 1.50 bits per heavy atom. The largest absolute Gasteiger partial charge is 0.450 e. The molecule has 0 aromatic heterocycles. The number of nitrogens with zero attached hydrogens (tertiary/aromatic N) is 1. The summed E-state index contributed by atoms with van der Waals surface area (Å²) in [5, 5.41) is 12.3. The van der Waals surface area contributed by atoms with Gasteiger partial charge in [-0.3, -0.25) is 4.79 Å². The molecule has 7 nitrogen and oxygen atoms in total. The SMILES string of the molecule is CCOC(=O)N1CCC(NCC(O)C(N)=O)CC1. The van der Waals surface area contributed by atoms with Gasteiger partial charge in [0.25, 0.3) is 0 Å². The zero-order valence-electron chi connectivity index (χ0n) is 10.6. The number of amides is 2. The van der Waals surface area contributed by atoms with E-state index in [1.807, 2.05) is 0 Å². The first-order chi connectivity index (χ1) is 8.54. The van der Waals surface area contributed by atoms with E-state index in [0.29, 0.717) is 19.7 Å². The predicted octanol–water partition coefficient (Wildman–Crippen LogP) is -0.957. The van der Waals surface area contributed by atoms with Gasteiger partial charge in [0.1, 0.15) is 6.10 Å². The van der Waals surface area contributed by atoms with Gasteiger partial charge in [0.05, 0.1) is 6.61 Å². The zero-order valence-corrected chi connectivity index (χ0v) is 10.6. The normalized spacial score (nSPS) is 18.4. The van der Waals surface area contributed by atoms with Gasteiger partial charge in [-0.05, 0) is 19.8 Å². The number of carbonyl (C=O) groups is 2. The lowest BCUT2D eigenvalue weighted by molar-refractivity contribution is -0.125. The third-order valence-electron chi connectivity index (χ3n) is 2.95. The van der Waals surface area contributed by atoms with E-state index in [9.17, 15) is 14.7 Å². The molecule has 1 atom stereocenters.